The predicted molar refractivity (Wildman–Crippen MR) is 125 cm³/mol. The number of nitrogens with zero attached hydrogens (tertiary/aromatic N) is 1. The molecule has 0 saturated carbocycles. The standard InChI is InChI=1S/C18H43NO6Si4/c1-18(26(7)8,25-27(9)10)16-17(12-15-29(22-4,23-5)24-6)19-13-11-14-28(19,20-2)21-3/h17H,11-16H2,1-10H3. The first kappa shape index (κ1) is 27.6. The van der Waals surface area contributed by atoms with Gasteiger partial charge in [0.2, 0.25) is 9.04 Å². The van der Waals surface area contributed by atoms with Crippen molar-refractivity contribution in [2.75, 3.05) is 42.1 Å². The van der Waals surface area contributed by atoms with Gasteiger partial charge in [-0.3, -0.25) is 4.57 Å². The van der Waals surface area contributed by atoms with Gasteiger partial charge in [0.05, 0.1) is 8.80 Å². The Balaban J connectivity index is 3.20. The highest BCUT2D eigenvalue weighted by Gasteiger charge is 2.52. The van der Waals surface area contributed by atoms with Gasteiger partial charge in [0.1, 0.15) is 0 Å². The van der Waals surface area contributed by atoms with E-state index >= 15 is 0 Å². The summed E-state index contributed by atoms with van der Waals surface area (Å²) in [6.07, 6.45) is 2.98. The molecule has 1 heterocycles. The van der Waals surface area contributed by atoms with Gasteiger partial charge in [-0.15, -0.1) is 0 Å². The van der Waals surface area contributed by atoms with Crippen LogP contribution >= 0.6 is 0 Å². The average Bonchev–Trinajstić information content (AvgIpc) is 3.12. The quantitative estimate of drug-likeness (QED) is 0.353. The smallest absolute Gasteiger partial charge is 0.415 e. The summed E-state index contributed by atoms with van der Waals surface area (Å²) in [6, 6.07) is 2.04. The van der Waals surface area contributed by atoms with E-state index in [1.54, 1.807) is 35.5 Å². The average molecular weight is 482 g/mol. The topological polar surface area (TPSA) is 58.6 Å². The van der Waals surface area contributed by atoms with Crippen LogP contribution in [0.5, 0.6) is 0 Å². The van der Waals surface area contributed by atoms with Gasteiger partial charge in [-0.2, -0.15) is 0 Å². The molecule has 1 aliphatic rings. The molecule has 29 heavy (non-hydrogen) atoms. The Hall–Kier alpha value is 0.588. The van der Waals surface area contributed by atoms with Crippen molar-refractivity contribution in [1.29, 1.82) is 0 Å². The van der Waals surface area contributed by atoms with Crippen molar-refractivity contribution >= 4 is 35.4 Å². The summed E-state index contributed by atoms with van der Waals surface area (Å²) in [5.74, 6) is 0. The Morgan fingerprint density at radius 2 is 1.55 bits per heavy atom. The molecule has 0 aromatic carbocycles. The molecule has 2 radical (unpaired) electrons. The van der Waals surface area contributed by atoms with Crippen LogP contribution < -0.4 is 0 Å². The summed E-state index contributed by atoms with van der Waals surface area (Å²) in [5.41, 5.74) is 0. The number of hydrogen-bond acceptors (Lipinski definition) is 7. The van der Waals surface area contributed by atoms with E-state index in [-0.39, 0.29) is 11.3 Å². The SMILES string of the molecule is CO[Si](CCC(CC(C)(O[Si](C)C)[Si](C)C)N1CCC[Si]1(OC)OC)(OC)OC. The Kier molecular flexibility index (Phi) is 11.4. The molecule has 2 atom stereocenters. The molecule has 172 valence electrons. The van der Waals surface area contributed by atoms with Gasteiger partial charge in [-0.05, 0) is 45.8 Å². The second kappa shape index (κ2) is 12.0. The zero-order chi connectivity index (χ0) is 22.3. The molecule has 1 rings (SSSR count). The molecule has 0 aliphatic carbocycles. The van der Waals surface area contributed by atoms with Crippen molar-refractivity contribution in [3.63, 3.8) is 0 Å². The third kappa shape index (κ3) is 6.78. The zero-order valence-electron chi connectivity index (χ0n) is 20.2. The third-order valence-corrected chi connectivity index (χ3v) is 16.2. The molecule has 2 unspecified atom stereocenters. The Morgan fingerprint density at radius 1 is 1.00 bits per heavy atom. The summed E-state index contributed by atoms with van der Waals surface area (Å²) in [6.45, 7) is 12.5. The lowest BCUT2D eigenvalue weighted by atomic mass is 10.1. The second-order valence-electron chi connectivity index (χ2n) is 8.35. The minimum absolute atomic E-state index is 0.102. The fourth-order valence-electron chi connectivity index (χ4n) is 4.29. The maximum Gasteiger partial charge on any atom is 0.500 e. The van der Waals surface area contributed by atoms with Gasteiger partial charge in [0.25, 0.3) is 0 Å². The minimum Gasteiger partial charge on any atom is -0.415 e. The van der Waals surface area contributed by atoms with Crippen molar-refractivity contribution in [3.05, 3.63) is 0 Å². The molecule has 7 nitrogen and oxygen atoms in total. The summed E-state index contributed by atoms with van der Waals surface area (Å²) in [4.78, 5) is 0. The van der Waals surface area contributed by atoms with Gasteiger partial charge in [0, 0.05) is 58.9 Å². The third-order valence-electron chi connectivity index (χ3n) is 6.24. The summed E-state index contributed by atoms with van der Waals surface area (Å²) in [7, 11) is 2.12. The normalized spacial score (nSPS) is 21.1. The van der Waals surface area contributed by atoms with Gasteiger partial charge in [-0.1, -0.05) is 13.1 Å². The van der Waals surface area contributed by atoms with E-state index in [2.05, 4.69) is 37.7 Å². The Labute approximate surface area is 184 Å². The minimum atomic E-state index is -2.65. The van der Waals surface area contributed by atoms with E-state index in [1.165, 1.54) is 0 Å². The second-order valence-corrected chi connectivity index (χ2v) is 19.8. The fourth-order valence-corrected chi connectivity index (χ4v) is 12.4. The van der Waals surface area contributed by atoms with Crippen molar-refractivity contribution in [2.45, 2.75) is 75.7 Å². The maximum absolute atomic E-state index is 6.61. The first-order chi connectivity index (χ1) is 13.6. The first-order valence-corrected chi connectivity index (χ1v) is 19.2. The molecule has 11 heteroatoms. The predicted octanol–water partition coefficient (Wildman–Crippen LogP) is 3.27. The molecule has 0 N–H and O–H groups in total. The van der Waals surface area contributed by atoms with Gasteiger partial charge in [0.15, 0.2) is 0 Å². The van der Waals surface area contributed by atoms with Crippen LogP contribution in [0.2, 0.25) is 38.3 Å². The monoisotopic (exact) mass is 481 g/mol. The molecular formula is C18H43NO6Si4. The summed E-state index contributed by atoms with van der Waals surface area (Å²) >= 11 is 0. The lowest BCUT2D eigenvalue weighted by Gasteiger charge is -2.44. The highest BCUT2D eigenvalue weighted by molar-refractivity contribution is 6.65. The zero-order valence-corrected chi connectivity index (χ0v) is 24.2. The molecule has 1 fully saturated rings. The molecular weight excluding hydrogens is 439 g/mol. The molecule has 1 aliphatic heterocycles. The van der Waals surface area contributed by atoms with Crippen LogP contribution in [-0.4, -0.2) is 93.3 Å². The molecule has 0 aromatic rings. The van der Waals surface area contributed by atoms with Crippen LogP contribution in [0.25, 0.3) is 0 Å². The lowest BCUT2D eigenvalue weighted by Crippen LogP contribution is -2.60. The number of rotatable bonds is 14. The van der Waals surface area contributed by atoms with E-state index in [4.69, 9.17) is 26.6 Å². The Bertz CT molecular complexity index is 471. The fraction of sp³-hybridized carbons (Fsp3) is 1.00. The Morgan fingerprint density at radius 3 is 1.97 bits per heavy atom. The van der Waals surface area contributed by atoms with Crippen LogP contribution in [0, 0.1) is 0 Å². The van der Waals surface area contributed by atoms with Crippen molar-refractivity contribution in [3.8, 4) is 0 Å². The van der Waals surface area contributed by atoms with Gasteiger partial charge < -0.3 is 26.6 Å². The maximum atomic E-state index is 6.61. The van der Waals surface area contributed by atoms with Gasteiger partial charge >= 0.3 is 17.5 Å². The molecule has 0 amide bonds. The lowest BCUT2D eigenvalue weighted by molar-refractivity contribution is 0.0893. The molecule has 0 bridgehead atoms. The van der Waals surface area contributed by atoms with Crippen LogP contribution in [0.3, 0.4) is 0 Å². The van der Waals surface area contributed by atoms with Crippen LogP contribution in [0.15, 0.2) is 0 Å². The van der Waals surface area contributed by atoms with Crippen LogP contribution in [0.1, 0.15) is 26.2 Å². The number of hydrogen-bond donors (Lipinski definition) is 0. The van der Waals surface area contributed by atoms with Crippen LogP contribution in [-0.2, 0) is 26.6 Å². The molecule has 0 spiro atoms. The summed E-state index contributed by atoms with van der Waals surface area (Å²) < 4.78 is 38.3. The van der Waals surface area contributed by atoms with E-state index < -0.39 is 35.4 Å². The van der Waals surface area contributed by atoms with Crippen molar-refractivity contribution in [2.24, 2.45) is 0 Å². The molecule has 0 aromatic heterocycles. The van der Waals surface area contributed by atoms with E-state index in [1.807, 2.05) is 0 Å². The van der Waals surface area contributed by atoms with Crippen molar-refractivity contribution in [1.82, 2.24) is 4.57 Å². The van der Waals surface area contributed by atoms with E-state index in [9.17, 15) is 0 Å². The largest absolute Gasteiger partial charge is 0.500 e. The van der Waals surface area contributed by atoms with Gasteiger partial charge in [-0.25, -0.2) is 0 Å². The molecule has 1 saturated heterocycles. The summed E-state index contributed by atoms with van der Waals surface area (Å²) in [5, 5.41) is -0.102. The first-order valence-electron chi connectivity index (χ1n) is 10.4. The highest BCUT2D eigenvalue weighted by atomic mass is 28.4. The highest BCUT2D eigenvalue weighted by Crippen LogP contribution is 2.36. The van der Waals surface area contributed by atoms with Crippen molar-refractivity contribution < 1.29 is 26.6 Å². The van der Waals surface area contributed by atoms with E-state index in [0.717, 1.165) is 37.9 Å². The van der Waals surface area contributed by atoms with E-state index in [0.29, 0.717) is 0 Å². The van der Waals surface area contributed by atoms with Crippen LogP contribution in [0.4, 0.5) is 0 Å².